The molecule has 5 heteroatoms. The fourth-order valence-electron chi connectivity index (χ4n) is 1.93. The van der Waals surface area contributed by atoms with E-state index in [-0.39, 0.29) is 12.1 Å². The zero-order chi connectivity index (χ0) is 12.4. The first-order valence-electron chi connectivity index (χ1n) is 5.28. The molecule has 1 aromatic carbocycles. The van der Waals surface area contributed by atoms with Gasteiger partial charge in [0.2, 0.25) is 0 Å². The summed E-state index contributed by atoms with van der Waals surface area (Å²) >= 11 is 0. The van der Waals surface area contributed by atoms with Gasteiger partial charge in [0.1, 0.15) is 5.75 Å². The molecule has 2 rings (SSSR count). The molecule has 1 atom stereocenters. The number of hydrogen-bond donors (Lipinski definition) is 1. The van der Waals surface area contributed by atoms with Crippen LogP contribution in [-0.4, -0.2) is 24.6 Å². The number of nitrogens with zero attached hydrogens (tertiary/aromatic N) is 2. The van der Waals surface area contributed by atoms with Gasteiger partial charge in [0, 0.05) is 5.56 Å². The summed E-state index contributed by atoms with van der Waals surface area (Å²) in [6.07, 6.45) is 1.85. The summed E-state index contributed by atoms with van der Waals surface area (Å²) < 4.78 is 5.26. The van der Waals surface area contributed by atoms with Crippen molar-refractivity contribution in [2.24, 2.45) is 0 Å². The first kappa shape index (κ1) is 11.3. The average Bonchev–Trinajstić information content (AvgIpc) is 2.70. The van der Waals surface area contributed by atoms with E-state index in [2.05, 4.69) is 5.32 Å². The molecule has 1 aromatic rings. The Labute approximate surface area is 99.6 Å². The third kappa shape index (κ3) is 2.02. The largest absolute Gasteiger partial charge is 0.496 e. The summed E-state index contributed by atoms with van der Waals surface area (Å²) in [5.41, 5.74) is 1.99. The second kappa shape index (κ2) is 4.34. The molecule has 1 aliphatic heterocycles. The third-order valence-electron chi connectivity index (χ3n) is 2.79. The van der Waals surface area contributed by atoms with Crippen molar-refractivity contribution < 1.29 is 9.53 Å². The standard InChI is InChI=1S/C12H13N3O2/c1-8-3-4-11(17-2)9(5-8)10-6-15(7-13)12(16)14-10/h3-5,10H,6H2,1-2H3,(H,14,16). The lowest BCUT2D eigenvalue weighted by Crippen LogP contribution is -2.23. The van der Waals surface area contributed by atoms with Gasteiger partial charge in [-0.3, -0.25) is 0 Å². The van der Waals surface area contributed by atoms with Gasteiger partial charge < -0.3 is 10.1 Å². The Morgan fingerprint density at radius 3 is 2.94 bits per heavy atom. The Balaban J connectivity index is 2.33. The molecular formula is C12H13N3O2. The van der Waals surface area contributed by atoms with Crippen molar-refractivity contribution in [3.8, 4) is 11.9 Å². The second-order valence-electron chi connectivity index (χ2n) is 3.96. The molecule has 1 N–H and O–H groups in total. The number of ether oxygens (including phenoxy) is 1. The number of methoxy groups -OCH3 is 1. The van der Waals surface area contributed by atoms with Crippen LogP contribution >= 0.6 is 0 Å². The first-order valence-corrected chi connectivity index (χ1v) is 5.28. The Bertz CT molecular complexity index is 493. The van der Waals surface area contributed by atoms with Crippen LogP contribution < -0.4 is 10.1 Å². The van der Waals surface area contributed by atoms with E-state index in [0.717, 1.165) is 21.8 Å². The molecule has 0 aromatic heterocycles. The van der Waals surface area contributed by atoms with E-state index in [1.165, 1.54) is 0 Å². The predicted octanol–water partition coefficient (Wildman–Crippen LogP) is 1.55. The fourth-order valence-corrected chi connectivity index (χ4v) is 1.93. The lowest BCUT2D eigenvalue weighted by atomic mass is 10.0. The van der Waals surface area contributed by atoms with Gasteiger partial charge in [0.05, 0.1) is 19.7 Å². The molecule has 1 aliphatic rings. The van der Waals surface area contributed by atoms with Crippen LogP contribution in [0.15, 0.2) is 18.2 Å². The maximum atomic E-state index is 11.4. The van der Waals surface area contributed by atoms with E-state index in [1.807, 2.05) is 31.3 Å². The number of urea groups is 1. The normalized spacial score (nSPS) is 18.8. The van der Waals surface area contributed by atoms with Crippen LogP contribution in [0.2, 0.25) is 0 Å². The smallest absolute Gasteiger partial charge is 0.331 e. The van der Waals surface area contributed by atoms with E-state index in [9.17, 15) is 4.79 Å². The molecule has 0 bridgehead atoms. The number of rotatable bonds is 2. The maximum Gasteiger partial charge on any atom is 0.331 e. The monoisotopic (exact) mass is 231 g/mol. The highest BCUT2D eigenvalue weighted by Crippen LogP contribution is 2.29. The van der Waals surface area contributed by atoms with Crippen LogP contribution in [0.1, 0.15) is 17.2 Å². The first-order chi connectivity index (χ1) is 8.15. The van der Waals surface area contributed by atoms with Gasteiger partial charge in [-0.15, -0.1) is 0 Å². The fraction of sp³-hybridized carbons (Fsp3) is 0.333. The van der Waals surface area contributed by atoms with Crippen LogP contribution in [0.4, 0.5) is 4.79 Å². The Morgan fingerprint density at radius 2 is 2.35 bits per heavy atom. The number of carbonyl (C=O) groups excluding carboxylic acids is 1. The zero-order valence-electron chi connectivity index (χ0n) is 9.73. The average molecular weight is 231 g/mol. The SMILES string of the molecule is COc1ccc(C)cc1C1CN(C#N)C(=O)N1. The number of hydrogen-bond acceptors (Lipinski definition) is 3. The van der Waals surface area contributed by atoms with E-state index >= 15 is 0 Å². The molecule has 2 amide bonds. The van der Waals surface area contributed by atoms with Gasteiger partial charge >= 0.3 is 6.03 Å². The number of carbonyl (C=O) groups is 1. The minimum Gasteiger partial charge on any atom is -0.496 e. The van der Waals surface area contributed by atoms with Gasteiger partial charge in [0.25, 0.3) is 0 Å². The van der Waals surface area contributed by atoms with Crippen LogP contribution in [-0.2, 0) is 0 Å². The highest BCUT2D eigenvalue weighted by molar-refractivity contribution is 5.79. The van der Waals surface area contributed by atoms with E-state index in [1.54, 1.807) is 7.11 Å². The summed E-state index contributed by atoms with van der Waals surface area (Å²) in [5, 5.41) is 11.5. The van der Waals surface area contributed by atoms with Gasteiger partial charge in [-0.2, -0.15) is 5.26 Å². The molecule has 0 saturated carbocycles. The molecule has 0 radical (unpaired) electrons. The Hall–Kier alpha value is -2.22. The van der Waals surface area contributed by atoms with Crippen molar-refractivity contribution in [1.82, 2.24) is 10.2 Å². The highest BCUT2D eigenvalue weighted by Gasteiger charge is 2.31. The third-order valence-corrected chi connectivity index (χ3v) is 2.79. The van der Waals surface area contributed by atoms with Crippen molar-refractivity contribution >= 4 is 6.03 Å². The topological polar surface area (TPSA) is 65.4 Å². The van der Waals surface area contributed by atoms with E-state index in [0.29, 0.717) is 6.54 Å². The Morgan fingerprint density at radius 1 is 1.59 bits per heavy atom. The summed E-state index contributed by atoms with van der Waals surface area (Å²) in [5.74, 6) is 0.723. The van der Waals surface area contributed by atoms with Crippen LogP contribution in [0.5, 0.6) is 5.75 Å². The zero-order valence-corrected chi connectivity index (χ0v) is 9.73. The molecule has 88 valence electrons. The lowest BCUT2D eigenvalue weighted by molar-refractivity contribution is 0.232. The molecule has 1 fully saturated rings. The summed E-state index contributed by atoms with van der Waals surface area (Å²) in [7, 11) is 1.59. The number of nitrogens with one attached hydrogen (secondary N) is 1. The number of amides is 2. The number of benzene rings is 1. The van der Waals surface area contributed by atoms with Gasteiger partial charge in [-0.05, 0) is 13.0 Å². The molecule has 1 heterocycles. The summed E-state index contributed by atoms with van der Waals surface area (Å²) in [4.78, 5) is 12.5. The molecule has 0 spiro atoms. The van der Waals surface area contributed by atoms with Gasteiger partial charge in [-0.25, -0.2) is 9.69 Å². The van der Waals surface area contributed by atoms with Crippen molar-refractivity contribution in [1.29, 1.82) is 5.26 Å². The maximum absolute atomic E-state index is 11.4. The second-order valence-corrected chi connectivity index (χ2v) is 3.96. The minimum absolute atomic E-state index is 0.197. The highest BCUT2D eigenvalue weighted by atomic mass is 16.5. The summed E-state index contributed by atoms with van der Waals surface area (Å²) in [6, 6.07) is 5.22. The van der Waals surface area contributed by atoms with Crippen molar-refractivity contribution in [3.05, 3.63) is 29.3 Å². The van der Waals surface area contributed by atoms with Gasteiger partial charge in [-0.1, -0.05) is 17.7 Å². The molecular weight excluding hydrogens is 218 g/mol. The quantitative estimate of drug-likeness (QED) is 0.785. The van der Waals surface area contributed by atoms with Crippen molar-refractivity contribution in [2.75, 3.05) is 13.7 Å². The molecule has 1 saturated heterocycles. The molecule has 5 nitrogen and oxygen atoms in total. The van der Waals surface area contributed by atoms with Crippen LogP contribution in [0.25, 0.3) is 0 Å². The molecule has 17 heavy (non-hydrogen) atoms. The van der Waals surface area contributed by atoms with Gasteiger partial charge in [0.15, 0.2) is 6.19 Å². The molecule has 0 aliphatic carbocycles. The number of nitriles is 1. The van der Waals surface area contributed by atoms with E-state index < -0.39 is 0 Å². The summed E-state index contributed by atoms with van der Waals surface area (Å²) in [6.45, 7) is 2.32. The predicted molar refractivity (Wildman–Crippen MR) is 61.3 cm³/mol. The number of aryl methyl sites for hydroxylation is 1. The molecule has 1 unspecified atom stereocenters. The van der Waals surface area contributed by atoms with E-state index in [4.69, 9.17) is 10.00 Å². The minimum atomic E-state index is -0.360. The van der Waals surface area contributed by atoms with Crippen LogP contribution in [0.3, 0.4) is 0 Å². The lowest BCUT2D eigenvalue weighted by Gasteiger charge is -2.14. The van der Waals surface area contributed by atoms with Crippen LogP contribution in [0, 0.1) is 18.4 Å². The van der Waals surface area contributed by atoms with Crippen molar-refractivity contribution in [2.45, 2.75) is 13.0 Å². The Kier molecular flexibility index (Phi) is 2.88. The van der Waals surface area contributed by atoms with Crippen molar-refractivity contribution in [3.63, 3.8) is 0 Å².